The molecule has 0 unspecified atom stereocenters. The van der Waals surface area contributed by atoms with Gasteiger partial charge in [-0.25, -0.2) is 4.39 Å². The van der Waals surface area contributed by atoms with E-state index in [1.165, 1.54) is 0 Å². The lowest BCUT2D eigenvalue weighted by atomic mass is 10.0. The lowest BCUT2D eigenvalue weighted by Gasteiger charge is -2.09. The monoisotopic (exact) mass is 231 g/mol. The molecule has 0 aliphatic carbocycles. The first-order valence-electron chi connectivity index (χ1n) is 3.89. The van der Waals surface area contributed by atoms with Gasteiger partial charge in [0.15, 0.2) is 6.29 Å². The van der Waals surface area contributed by atoms with E-state index in [0.717, 1.165) is 6.07 Å². The van der Waals surface area contributed by atoms with Crippen molar-refractivity contribution in [2.75, 3.05) is 0 Å². The maximum absolute atomic E-state index is 13.3. The lowest BCUT2D eigenvalue weighted by molar-refractivity contribution is 0.0992. The summed E-state index contributed by atoms with van der Waals surface area (Å²) in [4.78, 5) is 21.4. The Morgan fingerprint density at radius 2 is 2.27 bits per heavy atom. The van der Waals surface area contributed by atoms with Crippen LogP contribution in [0.15, 0.2) is 6.07 Å². The first-order valence-corrected chi connectivity index (χ1v) is 4.27. The molecule has 1 aromatic carbocycles. The fraction of sp³-hybridized carbons (Fsp3) is 0.111. The molecule has 0 bridgehead atoms. The molecule has 0 spiro atoms. The van der Waals surface area contributed by atoms with Gasteiger partial charge in [0.05, 0.1) is 17.2 Å². The van der Waals surface area contributed by atoms with Gasteiger partial charge >= 0.3 is 0 Å². The van der Waals surface area contributed by atoms with Gasteiger partial charge in [0.1, 0.15) is 5.82 Å². The first kappa shape index (κ1) is 11.6. The molecule has 0 radical (unpaired) electrons. The molecule has 80 valence electrons. The summed E-state index contributed by atoms with van der Waals surface area (Å²) >= 11 is 5.66. The van der Waals surface area contributed by atoms with Crippen LogP contribution in [0.2, 0.25) is 5.02 Å². The Morgan fingerprint density at radius 1 is 1.67 bits per heavy atom. The number of rotatable bonds is 3. The lowest BCUT2D eigenvalue weighted by Crippen LogP contribution is -2.17. The van der Waals surface area contributed by atoms with E-state index in [9.17, 15) is 14.0 Å². The minimum absolute atomic E-state index is 0.136. The molecule has 0 fully saturated rings. The number of nitrogens with two attached hydrogens (primary N) is 1. The third-order valence-electron chi connectivity index (χ3n) is 1.87. The zero-order valence-electron chi connectivity index (χ0n) is 7.46. The van der Waals surface area contributed by atoms with E-state index in [2.05, 4.69) is 0 Å². The number of carbonyl (C=O) groups is 2. The zero-order chi connectivity index (χ0) is 11.6. The Bertz CT molecular complexity index is 434. The molecule has 0 atom stereocenters. The largest absolute Gasteiger partial charge is 0.392 e. The van der Waals surface area contributed by atoms with E-state index in [4.69, 9.17) is 22.4 Å². The molecular weight excluding hydrogens is 225 g/mol. The normalized spacial score (nSPS) is 10.1. The minimum Gasteiger partial charge on any atom is -0.392 e. The molecule has 1 aromatic rings. The molecule has 0 aliphatic heterocycles. The number of aliphatic hydroxyl groups excluding tert-OH is 1. The quantitative estimate of drug-likeness (QED) is 0.758. The maximum Gasteiger partial charge on any atom is 0.252 e. The number of primary amides is 1. The van der Waals surface area contributed by atoms with Gasteiger partial charge in [-0.15, -0.1) is 0 Å². The second-order valence-electron chi connectivity index (χ2n) is 2.76. The first-order chi connectivity index (χ1) is 7.02. The predicted octanol–water partition coefficient (Wildman–Crippen LogP) is 0.883. The van der Waals surface area contributed by atoms with Crippen LogP contribution in [-0.4, -0.2) is 17.3 Å². The molecule has 0 saturated carbocycles. The molecule has 3 N–H and O–H groups in total. The average molecular weight is 232 g/mol. The molecule has 1 rings (SSSR count). The van der Waals surface area contributed by atoms with Crippen molar-refractivity contribution in [3.05, 3.63) is 33.6 Å². The molecule has 1 amide bonds. The number of benzene rings is 1. The highest BCUT2D eigenvalue weighted by molar-refractivity contribution is 6.34. The fourth-order valence-electron chi connectivity index (χ4n) is 1.20. The Balaban J connectivity index is 3.60. The van der Waals surface area contributed by atoms with Crippen molar-refractivity contribution in [1.29, 1.82) is 0 Å². The summed E-state index contributed by atoms with van der Waals surface area (Å²) in [7, 11) is 0. The topological polar surface area (TPSA) is 80.4 Å². The van der Waals surface area contributed by atoms with Gasteiger partial charge in [-0.05, 0) is 6.07 Å². The van der Waals surface area contributed by atoms with Crippen molar-refractivity contribution in [1.82, 2.24) is 0 Å². The van der Waals surface area contributed by atoms with Crippen LogP contribution in [0.4, 0.5) is 4.39 Å². The highest BCUT2D eigenvalue weighted by Gasteiger charge is 2.19. The van der Waals surface area contributed by atoms with Crippen LogP contribution in [0.5, 0.6) is 0 Å². The summed E-state index contributed by atoms with van der Waals surface area (Å²) < 4.78 is 13.3. The Hall–Kier alpha value is -1.46. The van der Waals surface area contributed by atoms with E-state index in [-0.39, 0.29) is 16.1 Å². The number of carbonyl (C=O) groups excluding carboxylic acids is 2. The van der Waals surface area contributed by atoms with E-state index < -0.39 is 23.9 Å². The van der Waals surface area contributed by atoms with E-state index in [1.54, 1.807) is 0 Å². The van der Waals surface area contributed by atoms with Gasteiger partial charge in [-0.1, -0.05) is 11.6 Å². The van der Waals surface area contributed by atoms with Crippen molar-refractivity contribution < 1.29 is 19.1 Å². The standard InChI is InChI=1S/C9H7ClFNO3/c10-8-4(2-13)1-6(11)7(9(12)15)5(8)3-14/h1-2,14H,3H2,(H2,12,15). The summed E-state index contributed by atoms with van der Waals surface area (Å²) in [5.74, 6) is -2.02. The van der Waals surface area contributed by atoms with Crippen LogP contribution in [0, 0.1) is 5.82 Å². The summed E-state index contributed by atoms with van der Waals surface area (Å²) in [6.45, 7) is -0.671. The molecule has 0 aliphatic rings. The Labute approximate surface area is 89.5 Å². The van der Waals surface area contributed by atoms with Crippen LogP contribution < -0.4 is 5.73 Å². The smallest absolute Gasteiger partial charge is 0.252 e. The molecule has 15 heavy (non-hydrogen) atoms. The van der Waals surface area contributed by atoms with Crippen molar-refractivity contribution in [2.24, 2.45) is 5.73 Å². The van der Waals surface area contributed by atoms with Crippen molar-refractivity contribution in [3.8, 4) is 0 Å². The molecule has 0 heterocycles. The van der Waals surface area contributed by atoms with Crippen LogP contribution >= 0.6 is 11.6 Å². The highest BCUT2D eigenvalue weighted by atomic mass is 35.5. The van der Waals surface area contributed by atoms with Gasteiger partial charge in [-0.2, -0.15) is 0 Å². The third-order valence-corrected chi connectivity index (χ3v) is 2.32. The summed E-state index contributed by atoms with van der Waals surface area (Å²) in [5, 5.41) is 8.75. The van der Waals surface area contributed by atoms with Crippen LogP contribution in [-0.2, 0) is 6.61 Å². The average Bonchev–Trinajstić information content (AvgIpc) is 2.19. The number of aliphatic hydroxyl groups is 1. The van der Waals surface area contributed by atoms with Crippen LogP contribution in [0.25, 0.3) is 0 Å². The van der Waals surface area contributed by atoms with E-state index >= 15 is 0 Å². The summed E-state index contributed by atoms with van der Waals surface area (Å²) in [5.41, 5.74) is 4.11. The number of hydrogen-bond acceptors (Lipinski definition) is 3. The molecular formula is C9H7ClFNO3. The van der Waals surface area contributed by atoms with Crippen molar-refractivity contribution >= 4 is 23.8 Å². The fourth-order valence-corrected chi connectivity index (χ4v) is 1.45. The summed E-state index contributed by atoms with van der Waals surface area (Å²) in [6, 6.07) is 0.800. The van der Waals surface area contributed by atoms with E-state index in [0.29, 0.717) is 6.29 Å². The second kappa shape index (κ2) is 4.37. The molecule has 0 saturated heterocycles. The third kappa shape index (κ3) is 1.98. The molecule has 0 aromatic heterocycles. The van der Waals surface area contributed by atoms with Gasteiger partial charge in [0, 0.05) is 11.1 Å². The van der Waals surface area contributed by atoms with Crippen LogP contribution in [0.3, 0.4) is 0 Å². The number of aldehydes is 1. The molecule has 4 nitrogen and oxygen atoms in total. The van der Waals surface area contributed by atoms with Gasteiger partial charge in [0.25, 0.3) is 5.91 Å². The SMILES string of the molecule is NC(=O)c1c(F)cc(C=O)c(Cl)c1CO. The second-order valence-corrected chi connectivity index (χ2v) is 3.13. The predicted molar refractivity (Wildman–Crippen MR) is 51.2 cm³/mol. The number of halogens is 2. The van der Waals surface area contributed by atoms with Crippen molar-refractivity contribution in [2.45, 2.75) is 6.61 Å². The highest BCUT2D eigenvalue weighted by Crippen LogP contribution is 2.26. The zero-order valence-corrected chi connectivity index (χ0v) is 8.21. The van der Waals surface area contributed by atoms with Gasteiger partial charge in [0.2, 0.25) is 0 Å². The Kier molecular flexibility index (Phi) is 3.39. The van der Waals surface area contributed by atoms with Gasteiger partial charge < -0.3 is 10.8 Å². The molecule has 6 heteroatoms. The summed E-state index contributed by atoms with van der Waals surface area (Å²) in [6.07, 6.45) is 0.329. The minimum atomic E-state index is -1.05. The van der Waals surface area contributed by atoms with Gasteiger partial charge in [-0.3, -0.25) is 9.59 Å². The maximum atomic E-state index is 13.3. The van der Waals surface area contributed by atoms with E-state index in [1.807, 2.05) is 0 Å². The number of hydrogen-bond donors (Lipinski definition) is 2. The number of amides is 1. The Morgan fingerprint density at radius 3 is 2.67 bits per heavy atom. The van der Waals surface area contributed by atoms with Crippen LogP contribution in [0.1, 0.15) is 26.3 Å². The van der Waals surface area contributed by atoms with Crippen molar-refractivity contribution in [3.63, 3.8) is 0 Å².